The highest BCUT2D eigenvalue weighted by Crippen LogP contribution is 2.36. The number of hydrogen-bond donors (Lipinski definition) is 2. The summed E-state index contributed by atoms with van der Waals surface area (Å²) in [6.45, 7) is -0.675. The minimum absolute atomic E-state index is 0. The summed E-state index contributed by atoms with van der Waals surface area (Å²) in [6, 6.07) is 5.08. The molecule has 1 aromatic rings. The number of nitrogens with one attached hydrogen (secondary N) is 1. The van der Waals surface area contributed by atoms with Crippen molar-refractivity contribution in [1.29, 1.82) is 0 Å². The molecular weight excluding hydrogens is 372 g/mol. The number of benzene rings is 1. The summed E-state index contributed by atoms with van der Waals surface area (Å²) in [5.74, 6) is -3.54. The van der Waals surface area contributed by atoms with E-state index in [1.54, 1.807) is 18.2 Å². The Kier molecular flexibility index (Phi) is 6.25. The van der Waals surface area contributed by atoms with Crippen molar-refractivity contribution in [3.63, 3.8) is 0 Å². The highest BCUT2D eigenvalue weighted by molar-refractivity contribution is 6.00. The number of halogens is 3. The van der Waals surface area contributed by atoms with Gasteiger partial charge in [0.2, 0.25) is 11.8 Å². The minimum atomic E-state index is -3.16. The van der Waals surface area contributed by atoms with Crippen LogP contribution in [-0.4, -0.2) is 50.6 Å². The van der Waals surface area contributed by atoms with Crippen molar-refractivity contribution in [1.82, 2.24) is 5.32 Å². The van der Waals surface area contributed by atoms with Gasteiger partial charge < -0.3 is 25.4 Å². The normalized spacial score (nSPS) is 19.1. The van der Waals surface area contributed by atoms with E-state index in [0.29, 0.717) is 30.4 Å². The molecule has 0 saturated carbocycles. The molecule has 3 N–H and O–H groups in total. The van der Waals surface area contributed by atoms with Gasteiger partial charge in [-0.3, -0.25) is 9.59 Å². The first kappa shape index (κ1) is 20.2. The van der Waals surface area contributed by atoms with Crippen molar-refractivity contribution in [2.45, 2.75) is 12.3 Å². The topological polar surface area (TPSA) is 93.9 Å². The maximum absolute atomic E-state index is 13.1. The number of amides is 2. The molecule has 1 aromatic carbocycles. The van der Waals surface area contributed by atoms with E-state index in [4.69, 9.17) is 15.2 Å². The molecule has 2 heterocycles. The predicted octanol–water partition coefficient (Wildman–Crippen LogP) is 0.943. The highest BCUT2D eigenvalue weighted by atomic mass is 35.5. The molecule has 144 valence electrons. The Balaban J connectivity index is 0.00000243. The molecule has 2 aliphatic heterocycles. The largest absolute Gasteiger partial charge is 0.486 e. The number of nitrogens with two attached hydrogens (primary N) is 1. The third-order valence-electron chi connectivity index (χ3n) is 4.15. The number of carbonyl (C=O) groups is 2. The lowest BCUT2D eigenvalue weighted by atomic mass is 10.1. The first-order valence-corrected chi connectivity index (χ1v) is 7.95. The molecule has 7 nitrogen and oxygen atoms in total. The molecule has 1 fully saturated rings. The smallest absolute Gasteiger partial charge is 0.277 e. The van der Waals surface area contributed by atoms with E-state index in [-0.39, 0.29) is 31.3 Å². The van der Waals surface area contributed by atoms with Crippen LogP contribution in [0, 0.1) is 5.92 Å². The van der Waals surface area contributed by atoms with Crippen molar-refractivity contribution in [2.75, 3.05) is 37.7 Å². The summed E-state index contributed by atoms with van der Waals surface area (Å²) in [5, 5.41) is 2.17. The number of fused-ring (bicyclic) bond motifs is 1. The molecule has 0 radical (unpaired) electrons. The SMILES string of the molecule is Cl.NCC(F)(F)CNC(=O)C1CC(=O)N(c2ccc3c(c2)OCCO3)C1. The van der Waals surface area contributed by atoms with Crippen LogP contribution in [0.2, 0.25) is 0 Å². The van der Waals surface area contributed by atoms with Crippen molar-refractivity contribution < 1.29 is 27.8 Å². The Bertz CT molecular complexity index is 689. The molecule has 1 saturated heterocycles. The van der Waals surface area contributed by atoms with Gasteiger partial charge in [0.15, 0.2) is 11.5 Å². The van der Waals surface area contributed by atoms with Crippen LogP contribution in [0.5, 0.6) is 11.5 Å². The number of alkyl halides is 2. The third kappa shape index (κ3) is 4.34. The molecule has 0 aromatic heterocycles. The Morgan fingerprint density at radius 2 is 2.00 bits per heavy atom. The number of rotatable bonds is 5. The Morgan fingerprint density at radius 3 is 2.69 bits per heavy atom. The second-order valence-electron chi connectivity index (χ2n) is 6.01. The summed E-state index contributed by atoms with van der Waals surface area (Å²) >= 11 is 0. The van der Waals surface area contributed by atoms with Crippen molar-refractivity contribution in [3.8, 4) is 11.5 Å². The number of anilines is 1. The third-order valence-corrected chi connectivity index (χ3v) is 4.15. The molecule has 0 spiro atoms. The first-order chi connectivity index (χ1) is 11.9. The molecule has 26 heavy (non-hydrogen) atoms. The summed E-state index contributed by atoms with van der Waals surface area (Å²) in [7, 11) is 0. The maximum atomic E-state index is 13.1. The van der Waals surface area contributed by atoms with Crippen LogP contribution in [-0.2, 0) is 9.59 Å². The van der Waals surface area contributed by atoms with Crippen LogP contribution >= 0.6 is 12.4 Å². The maximum Gasteiger partial charge on any atom is 0.277 e. The fourth-order valence-corrected chi connectivity index (χ4v) is 2.77. The molecule has 10 heteroatoms. The number of ether oxygens (including phenoxy) is 2. The lowest BCUT2D eigenvalue weighted by Gasteiger charge is -2.22. The zero-order valence-corrected chi connectivity index (χ0v) is 14.7. The van der Waals surface area contributed by atoms with Gasteiger partial charge >= 0.3 is 0 Å². The molecule has 1 unspecified atom stereocenters. The van der Waals surface area contributed by atoms with Crippen LogP contribution in [0.3, 0.4) is 0 Å². The Morgan fingerprint density at radius 1 is 1.31 bits per heavy atom. The quantitative estimate of drug-likeness (QED) is 0.779. The lowest BCUT2D eigenvalue weighted by molar-refractivity contribution is -0.127. The van der Waals surface area contributed by atoms with Crippen LogP contribution in [0.4, 0.5) is 14.5 Å². The van der Waals surface area contributed by atoms with Gasteiger partial charge in [0, 0.05) is 24.7 Å². The molecule has 1 atom stereocenters. The zero-order chi connectivity index (χ0) is 18.0. The Labute approximate surface area is 155 Å². The summed E-state index contributed by atoms with van der Waals surface area (Å²) in [6.07, 6.45) is -0.0333. The molecule has 2 amide bonds. The van der Waals surface area contributed by atoms with Gasteiger partial charge in [0.1, 0.15) is 13.2 Å². The standard InChI is InChI=1S/C16H19F2N3O4.ClH/c17-16(18,8-19)9-20-15(23)10-5-14(22)21(7-10)11-1-2-12-13(6-11)25-4-3-24-12;/h1-2,6,10H,3-5,7-9,19H2,(H,20,23);1H. The molecule has 0 aliphatic carbocycles. The van der Waals surface area contributed by atoms with Crippen LogP contribution in [0.1, 0.15) is 6.42 Å². The van der Waals surface area contributed by atoms with Crippen LogP contribution in [0.25, 0.3) is 0 Å². The van der Waals surface area contributed by atoms with E-state index in [0.717, 1.165) is 0 Å². The van der Waals surface area contributed by atoms with E-state index in [1.807, 2.05) is 0 Å². The molecular formula is C16H20ClF2N3O4. The zero-order valence-electron chi connectivity index (χ0n) is 13.9. The van der Waals surface area contributed by atoms with E-state index in [9.17, 15) is 18.4 Å². The average Bonchev–Trinajstić information content (AvgIpc) is 3.01. The number of hydrogen-bond acceptors (Lipinski definition) is 5. The number of nitrogens with zero attached hydrogens (tertiary/aromatic N) is 1. The van der Waals surface area contributed by atoms with E-state index in [1.165, 1.54) is 4.90 Å². The van der Waals surface area contributed by atoms with Crippen LogP contribution in [0.15, 0.2) is 18.2 Å². The average molecular weight is 392 g/mol. The van der Waals surface area contributed by atoms with Crippen molar-refractivity contribution >= 4 is 29.9 Å². The van der Waals surface area contributed by atoms with Crippen LogP contribution < -0.4 is 25.4 Å². The van der Waals surface area contributed by atoms with E-state index >= 15 is 0 Å². The Hall–Kier alpha value is -2.13. The second kappa shape index (κ2) is 8.05. The molecule has 3 rings (SSSR count). The fourth-order valence-electron chi connectivity index (χ4n) is 2.77. The summed E-state index contributed by atoms with van der Waals surface area (Å²) < 4.78 is 37.2. The first-order valence-electron chi connectivity index (χ1n) is 7.95. The van der Waals surface area contributed by atoms with Gasteiger partial charge in [-0.1, -0.05) is 0 Å². The van der Waals surface area contributed by atoms with Gasteiger partial charge in [0.05, 0.1) is 19.0 Å². The van der Waals surface area contributed by atoms with Gasteiger partial charge in [-0.15, -0.1) is 12.4 Å². The van der Waals surface area contributed by atoms with E-state index < -0.39 is 30.8 Å². The fraction of sp³-hybridized carbons (Fsp3) is 0.500. The second-order valence-corrected chi connectivity index (χ2v) is 6.01. The molecule has 0 bridgehead atoms. The van der Waals surface area contributed by atoms with Gasteiger partial charge in [-0.25, -0.2) is 8.78 Å². The van der Waals surface area contributed by atoms with Crippen molar-refractivity contribution in [2.24, 2.45) is 11.7 Å². The number of carbonyl (C=O) groups excluding carboxylic acids is 2. The van der Waals surface area contributed by atoms with Crippen molar-refractivity contribution in [3.05, 3.63) is 18.2 Å². The highest BCUT2D eigenvalue weighted by Gasteiger charge is 2.37. The monoisotopic (exact) mass is 391 g/mol. The lowest BCUT2D eigenvalue weighted by Crippen LogP contribution is -2.44. The van der Waals surface area contributed by atoms with Gasteiger partial charge in [0.25, 0.3) is 5.92 Å². The summed E-state index contributed by atoms with van der Waals surface area (Å²) in [5.41, 5.74) is 5.52. The van der Waals surface area contributed by atoms with Gasteiger partial charge in [-0.2, -0.15) is 0 Å². The predicted molar refractivity (Wildman–Crippen MR) is 92.2 cm³/mol. The summed E-state index contributed by atoms with van der Waals surface area (Å²) in [4.78, 5) is 25.7. The minimum Gasteiger partial charge on any atom is -0.486 e. The van der Waals surface area contributed by atoms with Gasteiger partial charge in [-0.05, 0) is 12.1 Å². The van der Waals surface area contributed by atoms with E-state index in [2.05, 4.69) is 5.32 Å². The molecule has 2 aliphatic rings.